The lowest BCUT2D eigenvalue weighted by Gasteiger charge is -2.35. The number of nitrogens with one attached hydrogen (secondary N) is 1. The molecule has 1 aromatic carbocycles. The molecule has 0 amide bonds. The third-order valence-corrected chi connectivity index (χ3v) is 5.18. The van der Waals surface area contributed by atoms with E-state index in [-0.39, 0.29) is 16.0 Å². The molecule has 3 aromatic rings. The molecule has 0 unspecified atom stereocenters. The highest BCUT2D eigenvalue weighted by Gasteiger charge is 2.47. The summed E-state index contributed by atoms with van der Waals surface area (Å²) in [6.45, 7) is -3.52. The fraction of sp³-hybridized carbons (Fsp3) is 0.190. The van der Waals surface area contributed by atoms with Gasteiger partial charge in [-0.2, -0.15) is 13.2 Å². The van der Waals surface area contributed by atoms with Crippen molar-refractivity contribution in [3.8, 4) is 0 Å². The van der Waals surface area contributed by atoms with Crippen LogP contribution in [0.25, 0.3) is 0 Å². The molecule has 2 N–H and O–H groups in total. The predicted molar refractivity (Wildman–Crippen MR) is 104 cm³/mol. The van der Waals surface area contributed by atoms with Crippen molar-refractivity contribution >= 4 is 5.84 Å². The lowest BCUT2D eigenvalue weighted by molar-refractivity contribution is 0.0663. The maximum Gasteiger partial charge on any atom is 0.321 e. The Hall–Kier alpha value is -3.53. The fourth-order valence-electron chi connectivity index (χ4n) is 3.69. The van der Waals surface area contributed by atoms with Crippen LogP contribution in [0, 0.1) is 11.8 Å². The molecule has 0 saturated carbocycles. The number of aliphatic imine (C=N–C) groups is 1. The van der Waals surface area contributed by atoms with Crippen molar-refractivity contribution in [2.24, 2.45) is 4.99 Å². The van der Waals surface area contributed by atoms with E-state index in [0.717, 1.165) is 18.3 Å². The van der Waals surface area contributed by atoms with Crippen LogP contribution in [0.2, 0.25) is 0 Å². The third-order valence-electron chi connectivity index (χ3n) is 5.18. The molecule has 0 spiro atoms. The standard InChI is InChI=1S/C21H16F4N4O2/c22-15-5-2-13(3-6-15)21(14-4-7-17(23)26-9-14)16(11-30)27-19(28-21)12-1-8-18(31)29(10-12)20(24)25/h1-10,16,20,30H,11H2,(H,27,28)/t16-,21+/m0/s1. The number of hydrogen-bond donors (Lipinski definition) is 2. The first-order valence-corrected chi connectivity index (χ1v) is 9.21. The van der Waals surface area contributed by atoms with Crippen LogP contribution in [0.3, 0.4) is 0 Å². The highest BCUT2D eigenvalue weighted by molar-refractivity contribution is 6.01. The van der Waals surface area contributed by atoms with Crippen LogP contribution in [-0.2, 0) is 5.54 Å². The van der Waals surface area contributed by atoms with Crippen LogP contribution in [0.1, 0.15) is 23.2 Å². The average Bonchev–Trinajstić information content (AvgIpc) is 3.15. The topological polar surface area (TPSA) is 79.5 Å². The second kappa shape index (κ2) is 7.95. The first kappa shape index (κ1) is 20.7. The maximum atomic E-state index is 13.6. The van der Waals surface area contributed by atoms with Gasteiger partial charge in [-0.15, -0.1) is 0 Å². The zero-order valence-corrected chi connectivity index (χ0v) is 15.8. The Balaban J connectivity index is 1.87. The van der Waals surface area contributed by atoms with E-state index in [4.69, 9.17) is 0 Å². The summed E-state index contributed by atoms with van der Waals surface area (Å²) in [5.41, 5.74) is -1.09. The van der Waals surface area contributed by atoms with Gasteiger partial charge in [0.1, 0.15) is 23.2 Å². The smallest absolute Gasteiger partial charge is 0.321 e. The van der Waals surface area contributed by atoms with E-state index in [1.807, 2.05) is 0 Å². The number of benzene rings is 1. The van der Waals surface area contributed by atoms with Crippen LogP contribution in [-0.4, -0.2) is 33.1 Å². The Labute approximate surface area is 173 Å². The highest BCUT2D eigenvalue weighted by atomic mass is 19.3. The normalized spacial score (nSPS) is 20.6. The summed E-state index contributed by atoms with van der Waals surface area (Å²) in [5.74, 6) is -1.08. The molecule has 6 nitrogen and oxygen atoms in total. The van der Waals surface area contributed by atoms with E-state index < -0.39 is 42.1 Å². The Morgan fingerprint density at radius 1 is 1.06 bits per heavy atom. The van der Waals surface area contributed by atoms with E-state index in [0.29, 0.717) is 11.1 Å². The number of pyridine rings is 2. The van der Waals surface area contributed by atoms with E-state index >= 15 is 0 Å². The maximum absolute atomic E-state index is 13.6. The molecular weight excluding hydrogens is 416 g/mol. The highest BCUT2D eigenvalue weighted by Crippen LogP contribution is 2.38. The number of aromatic nitrogens is 2. The Kier molecular flexibility index (Phi) is 5.32. The number of alkyl halides is 2. The third kappa shape index (κ3) is 3.59. The zero-order valence-electron chi connectivity index (χ0n) is 15.8. The summed E-state index contributed by atoms with van der Waals surface area (Å²) >= 11 is 0. The number of amidine groups is 1. The number of halogens is 4. The van der Waals surface area contributed by atoms with E-state index in [2.05, 4.69) is 15.3 Å². The van der Waals surface area contributed by atoms with Crippen molar-refractivity contribution in [3.63, 3.8) is 0 Å². The van der Waals surface area contributed by atoms with Gasteiger partial charge in [-0.05, 0) is 29.8 Å². The van der Waals surface area contributed by atoms with Gasteiger partial charge in [-0.25, -0.2) is 9.37 Å². The second-order valence-electron chi connectivity index (χ2n) is 6.93. The molecule has 0 saturated heterocycles. The summed E-state index contributed by atoms with van der Waals surface area (Å²) in [7, 11) is 0. The summed E-state index contributed by atoms with van der Waals surface area (Å²) in [5, 5.41) is 13.2. The van der Waals surface area contributed by atoms with Crippen molar-refractivity contribution in [2.75, 3.05) is 6.61 Å². The molecule has 4 rings (SSSR count). The molecular formula is C21H16F4N4O2. The van der Waals surface area contributed by atoms with Crippen molar-refractivity contribution in [1.82, 2.24) is 14.9 Å². The summed E-state index contributed by atoms with van der Waals surface area (Å²) < 4.78 is 53.7. The van der Waals surface area contributed by atoms with Crippen molar-refractivity contribution in [1.29, 1.82) is 0 Å². The summed E-state index contributed by atoms with van der Waals surface area (Å²) in [4.78, 5) is 19.8. The molecule has 0 aliphatic carbocycles. The molecule has 2 aromatic heterocycles. The van der Waals surface area contributed by atoms with Crippen LogP contribution < -0.4 is 10.9 Å². The van der Waals surface area contributed by atoms with Gasteiger partial charge in [0.05, 0.1) is 6.61 Å². The second-order valence-corrected chi connectivity index (χ2v) is 6.93. The Morgan fingerprint density at radius 2 is 1.77 bits per heavy atom. The number of aliphatic hydroxyl groups excluding tert-OH is 1. The van der Waals surface area contributed by atoms with Gasteiger partial charge in [-0.1, -0.05) is 18.2 Å². The SMILES string of the molecule is O=c1ccc(C2=N[C@@H](CO)[C@@](c3ccc(F)cc3)(c3ccc(F)nc3)N2)cn1C(F)F. The molecule has 1 aliphatic heterocycles. The first-order chi connectivity index (χ1) is 14.8. The zero-order chi connectivity index (χ0) is 22.2. The van der Waals surface area contributed by atoms with Gasteiger partial charge >= 0.3 is 6.55 Å². The summed E-state index contributed by atoms with van der Waals surface area (Å²) in [6.07, 6.45) is 2.21. The molecule has 0 bridgehead atoms. The van der Waals surface area contributed by atoms with Crippen molar-refractivity contribution in [2.45, 2.75) is 18.1 Å². The quantitative estimate of drug-likeness (QED) is 0.480. The van der Waals surface area contributed by atoms with Gasteiger partial charge in [0.2, 0.25) is 5.95 Å². The van der Waals surface area contributed by atoms with Crippen LogP contribution >= 0.6 is 0 Å². The molecule has 31 heavy (non-hydrogen) atoms. The minimum Gasteiger partial charge on any atom is -0.394 e. The van der Waals surface area contributed by atoms with Gasteiger partial charge in [0.25, 0.3) is 5.56 Å². The Morgan fingerprint density at radius 3 is 2.39 bits per heavy atom. The van der Waals surface area contributed by atoms with Crippen molar-refractivity contribution in [3.05, 3.63) is 99.7 Å². The molecule has 0 fully saturated rings. The van der Waals surface area contributed by atoms with Gasteiger partial charge in [0.15, 0.2) is 0 Å². The van der Waals surface area contributed by atoms with E-state index in [1.54, 1.807) is 0 Å². The number of rotatable bonds is 5. The minimum absolute atomic E-state index is 0.127. The predicted octanol–water partition coefficient (Wildman–Crippen LogP) is 2.57. The monoisotopic (exact) mass is 432 g/mol. The lowest BCUT2D eigenvalue weighted by Crippen LogP contribution is -2.50. The molecule has 1 aliphatic rings. The number of aliphatic hydroxyl groups is 1. The molecule has 3 heterocycles. The average molecular weight is 432 g/mol. The largest absolute Gasteiger partial charge is 0.394 e. The van der Waals surface area contributed by atoms with Gasteiger partial charge in [-0.3, -0.25) is 14.4 Å². The molecule has 10 heteroatoms. The van der Waals surface area contributed by atoms with E-state index in [1.165, 1.54) is 42.6 Å². The Bertz CT molecular complexity index is 1130. The van der Waals surface area contributed by atoms with Gasteiger partial charge in [0, 0.05) is 29.6 Å². The van der Waals surface area contributed by atoms with Gasteiger partial charge < -0.3 is 10.4 Å². The lowest BCUT2D eigenvalue weighted by atomic mass is 9.78. The molecule has 0 radical (unpaired) electrons. The van der Waals surface area contributed by atoms with E-state index in [9.17, 15) is 27.5 Å². The fourth-order valence-corrected chi connectivity index (χ4v) is 3.69. The number of nitrogens with zero attached hydrogens (tertiary/aromatic N) is 3. The van der Waals surface area contributed by atoms with Crippen LogP contribution in [0.5, 0.6) is 0 Å². The van der Waals surface area contributed by atoms with Crippen molar-refractivity contribution < 1.29 is 22.7 Å². The first-order valence-electron chi connectivity index (χ1n) is 9.21. The van der Waals surface area contributed by atoms with Crippen LogP contribution in [0.15, 0.2) is 70.7 Å². The molecule has 2 atom stereocenters. The summed E-state index contributed by atoms with van der Waals surface area (Å²) in [6, 6.07) is 9.40. The minimum atomic E-state index is -3.05. The van der Waals surface area contributed by atoms with Crippen LogP contribution in [0.4, 0.5) is 17.6 Å². The molecule has 160 valence electrons. The number of hydrogen-bond acceptors (Lipinski definition) is 5.